The van der Waals surface area contributed by atoms with Crippen molar-refractivity contribution in [1.29, 1.82) is 0 Å². The molecule has 3 atom stereocenters. The first-order valence-electron chi connectivity index (χ1n) is 12.0. The number of imide groups is 1. The van der Waals surface area contributed by atoms with Gasteiger partial charge in [-0.3, -0.25) is 14.5 Å². The van der Waals surface area contributed by atoms with Crippen molar-refractivity contribution in [3.63, 3.8) is 0 Å². The average molecular weight is 466 g/mol. The van der Waals surface area contributed by atoms with Crippen LogP contribution in [0.2, 0.25) is 0 Å². The van der Waals surface area contributed by atoms with Crippen LogP contribution in [0.15, 0.2) is 78.9 Å². The Morgan fingerprint density at radius 3 is 2.51 bits per heavy atom. The molecular weight excluding hydrogens is 438 g/mol. The number of anilines is 1. The number of methoxy groups -OCH3 is 1. The monoisotopic (exact) mass is 465 g/mol. The zero-order chi connectivity index (χ0) is 24.1. The van der Waals surface area contributed by atoms with Gasteiger partial charge in [0.25, 0.3) is 5.91 Å². The zero-order valence-corrected chi connectivity index (χ0v) is 19.8. The second-order valence-corrected chi connectivity index (χ2v) is 9.32. The molecule has 2 amide bonds. The zero-order valence-electron chi connectivity index (χ0n) is 19.8. The van der Waals surface area contributed by atoms with Crippen molar-refractivity contribution in [3.8, 4) is 5.75 Å². The van der Waals surface area contributed by atoms with Crippen LogP contribution in [-0.2, 0) is 9.59 Å². The highest BCUT2D eigenvalue weighted by Gasteiger charge is 2.47. The van der Waals surface area contributed by atoms with Crippen LogP contribution in [0.5, 0.6) is 5.75 Å². The largest absolute Gasteiger partial charge is 0.497 e. The third-order valence-electron chi connectivity index (χ3n) is 7.47. The van der Waals surface area contributed by atoms with Crippen molar-refractivity contribution in [2.45, 2.75) is 31.3 Å². The number of ether oxygens (including phenoxy) is 1. The van der Waals surface area contributed by atoms with Crippen molar-refractivity contribution in [2.24, 2.45) is 0 Å². The number of fused-ring (bicyclic) bond motifs is 3. The maximum absolute atomic E-state index is 13.7. The number of rotatable bonds is 4. The molecule has 3 aromatic carbocycles. The summed E-state index contributed by atoms with van der Waals surface area (Å²) >= 11 is 0. The fraction of sp³-hybridized carbons (Fsp3) is 0.241. The van der Waals surface area contributed by atoms with E-state index in [1.807, 2.05) is 12.1 Å². The molecule has 6 heteroatoms. The van der Waals surface area contributed by atoms with Gasteiger partial charge in [-0.15, -0.1) is 0 Å². The average Bonchev–Trinajstić information content (AvgIpc) is 3.42. The molecule has 2 aliphatic heterocycles. The number of carbonyl (C=O) groups excluding carboxylic acids is 2. The summed E-state index contributed by atoms with van der Waals surface area (Å²) in [7, 11) is 1.58. The van der Waals surface area contributed by atoms with E-state index in [0.29, 0.717) is 18.0 Å². The Bertz CT molecular complexity index is 1430. The van der Waals surface area contributed by atoms with Gasteiger partial charge in [-0.1, -0.05) is 54.6 Å². The SMILES string of the molecule is COc1cccc(N2C(=O)CC(N3CC(c4ccccc4)c4c([nH]c5ccccc45)C3C)C2=O)c1. The van der Waals surface area contributed by atoms with E-state index in [0.717, 1.165) is 11.2 Å². The summed E-state index contributed by atoms with van der Waals surface area (Å²) in [5.74, 6) is 0.345. The van der Waals surface area contributed by atoms with Crippen molar-refractivity contribution in [3.05, 3.63) is 95.7 Å². The summed E-state index contributed by atoms with van der Waals surface area (Å²) in [6.45, 7) is 2.79. The highest BCUT2D eigenvalue weighted by atomic mass is 16.5. The van der Waals surface area contributed by atoms with Crippen molar-refractivity contribution in [2.75, 3.05) is 18.6 Å². The molecule has 35 heavy (non-hydrogen) atoms. The van der Waals surface area contributed by atoms with Gasteiger partial charge in [0.2, 0.25) is 5.91 Å². The lowest BCUT2D eigenvalue weighted by Crippen LogP contribution is -2.47. The molecule has 0 spiro atoms. The van der Waals surface area contributed by atoms with Crippen LogP contribution in [0.4, 0.5) is 5.69 Å². The number of nitrogens with zero attached hydrogens (tertiary/aromatic N) is 2. The molecular formula is C29H27N3O3. The quantitative estimate of drug-likeness (QED) is 0.430. The third kappa shape index (κ3) is 3.44. The van der Waals surface area contributed by atoms with E-state index in [4.69, 9.17) is 4.74 Å². The third-order valence-corrected chi connectivity index (χ3v) is 7.47. The topological polar surface area (TPSA) is 65.6 Å². The maximum atomic E-state index is 13.7. The Kier molecular flexibility index (Phi) is 5.19. The molecule has 4 aromatic rings. The summed E-state index contributed by atoms with van der Waals surface area (Å²) < 4.78 is 5.31. The summed E-state index contributed by atoms with van der Waals surface area (Å²) in [4.78, 5) is 34.0. The van der Waals surface area contributed by atoms with Crippen LogP contribution in [0.1, 0.15) is 42.1 Å². The molecule has 176 valence electrons. The standard InChI is InChI=1S/C29H27N3O3/c1-18-28-27(22-13-6-7-14-24(22)30-28)23(19-9-4-3-5-10-19)17-31(18)25-16-26(33)32(29(25)34)20-11-8-12-21(15-20)35-2/h3-15,18,23,25,30H,16-17H2,1-2H3. The second kappa shape index (κ2) is 8.40. The summed E-state index contributed by atoms with van der Waals surface area (Å²) in [5.41, 5.74) is 5.26. The number of H-pyrrole nitrogens is 1. The van der Waals surface area contributed by atoms with Crippen molar-refractivity contribution in [1.82, 2.24) is 9.88 Å². The number of aromatic amines is 1. The highest BCUT2D eigenvalue weighted by Crippen LogP contribution is 2.45. The molecule has 3 unspecified atom stereocenters. The molecule has 3 heterocycles. The van der Waals surface area contributed by atoms with Gasteiger partial charge < -0.3 is 9.72 Å². The van der Waals surface area contributed by atoms with Crippen LogP contribution in [0, 0.1) is 0 Å². The van der Waals surface area contributed by atoms with Crippen LogP contribution >= 0.6 is 0 Å². The van der Waals surface area contributed by atoms with E-state index in [2.05, 4.69) is 59.3 Å². The van der Waals surface area contributed by atoms with E-state index >= 15 is 0 Å². The van der Waals surface area contributed by atoms with E-state index < -0.39 is 6.04 Å². The fourth-order valence-corrected chi connectivity index (χ4v) is 5.77. The van der Waals surface area contributed by atoms with Crippen LogP contribution < -0.4 is 9.64 Å². The smallest absolute Gasteiger partial charge is 0.251 e. The number of aromatic nitrogens is 1. The number of carbonyl (C=O) groups is 2. The fourth-order valence-electron chi connectivity index (χ4n) is 5.77. The Balaban J connectivity index is 1.42. The van der Waals surface area contributed by atoms with E-state index in [1.54, 1.807) is 31.4 Å². The molecule has 1 saturated heterocycles. The second-order valence-electron chi connectivity index (χ2n) is 9.32. The van der Waals surface area contributed by atoms with Crippen LogP contribution in [0.25, 0.3) is 10.9 Å². The van der Waals surface area contributed by atoms with Gasteiger partial charge in [-0.25, -0.2) is 4.90 Å². The summed E-state index contributed by atoms with van der Waals surface area (Å²) in [6.07, 6.45) is 0.164. The van der Waals surface area contributed by atoms with Crippen LogP contribution in [0.3, 0.4) is 0 Å². The summed E-state index contributed by atoms with van der Waals surface area (Å²) in [6, 6.07) is 25.4. The minimum absolute atomic E-state index is 0.0376. The van der Waals surface area contributed by atoms with Gasteiger partial charge in [0.05, 0.1) is 25.3 Å². The molecule has 1 N–H and O–H groups in total. The Labute approximate surface area is 204 Å². The predicted molar refractivity (Wildman–Crippen MR) is 136 cm³/mol. The van der Waals surface area contributed by atoms with Gasteiger partial charge in [0, 0.05) is 41.2 Å². The molecule has 1 fully saturated rings. The van der Waals surface area contributed by atoms with Gasteiger partial charge in [-0.05, 0) is 36.2 Å². The van der Waals surface area contributed by atoms with Gasteiger partial charge >= 0.3 is 0 Å². The number of para-hydroxylation sites is 1. The van der Waals surface area contributed by atoms with Crippen LogP contribution in [-0.4, -0.2) is 41.4 Å². The number of hydrogen-bond donors (Lipinski definition) is 1. The molecule has 1 aromatic heterocycles. The van der Waals surface area contributed by atoms with Gasteiger partial charge in [0.1, 0.15) is 5.75 Å². The van der Waals surface area contributed by atoms with Crippen molar-refractivity contribution < 1.29 is 14.3 Å². The number of nitrogens with one attached hydrogen (secondary N) is 1. The molecule has 0 saturated carbocycles. The molecule has 6 rings (SSSR count). The first-order valence-corrected chi connectivity index (χ1v) is 12.0. The van der Waals surface area contributed by atoms with E-state index in [-0.39, 0.29) is 30.2 Å². The lowest BCUT2D eigenvalue weighted by atomic mass is 9.83. The number of benzene rings is 3. The molecule has 6 nitrogen and oxygen atoms in total. The maximum Gasteiger partial charge on any atom is 0.251 e. The Hall–Kier alpha value is -3.90. The molecule has 0 bridgehead atoms. The number of amides is 2. The van der Waals surface area contributed by atoms with Crippen molar-refractivity contribution >= 4 is 28.4 Å². The molecule has 0 aliphatic carbocycles. The number of hydrogen-bond acceptors (Lipinski definition) is 4. The lowest BCUT2D eigenvalue weighted by molar-refractivity contribution is -0.123. The Morgan fingerprint density at radius 1 is 0.943 bits per heavy atom. The Morgan fingerprint density at radius 2 is 1.71 bits per heavy atom. The molecule has 2 aliphatic rings. The normalized spacial score (nSPS) is 22.6. The minimum Gasteiger partial charge on any atom is -0.497 e. The lowest BCUT2D eigenvalue weighted by Gasteiger charge is -2.40. The van der Waals surface area contributed by atoms with Gasteiger partial charge in [-0.2, -0.15) is 0 Å². The first-order chi connectivity index (χ1) is 17.1. The van der Waals surface area contributed by atoms with E-state index in [9.17, 15) is 9.59 Å². The van der Waals surface area contributed by atoms with Gasteiger partial charge in [0.15, 0.2) is 0 Å². The minimum atomic E-state index is -0.519. The highest BCUT2D eigenvalue weighted by molar-refractivity contribution is 6.22. The first kappa shape index (κ1) is 21.6. The summed E-state index contributed by atoms with van der Waals surface area (Å²) in [5, 5.41) is 1.22. The molecule has 0 radical (unpaired) electrons. The predicted octanol–water partition coefficient (Wildman–Crippen LogP) is 5.02. The van der Waals surface area contributed by atoms with E-state index in [1.165, 1.54) is 21.4 Å².